The molecule has 0 aromatic heterocycles. The maximum Gasteiger partial charge on any atom is 0.335 e. The molecule has 18 nitrogen and oxygen atoms in total. The first-order chi connectivity index (χ1) is 23.9. The maximum absolute atomic E-state index is 12.0. The van der Waals surface area contributed by atoms with E-state index in [4.69, 9.17) is 36.6 Å². The predicted octanol–water partition coefficient (Wildman–Crippen LogP) is 1.69. The first-order valence-corrected chi connectivity index (χ1v) is 19.8. The Balaban J connectivity index is 0.000000408. The highest BCUT2D eigenvalue weighted by Gasteiger charge is 2.23. The molecule has 0 aliphatic rings. The van der Waals surface area contributed by atoms with Crippen LogP contribution in [0.5, 0.6) is 0 Å². The van der Waals surface area contributed by atoms with E-state index >= 15 is 0 Å². The van der Waals surface area contributed by atoms with Crippen LogP contribution in [0.15, 0.2) is 87.5 Å². The van der Waals surface area contributed by atoms with Crippen LogP contribution in [-0.4, -0.2) is 90.6 Å². The van der Waals surface area contributed by atoms with Crippen molar-refractivity contribution >= 4 is 63.7 Å². The number of aromatic carboxylic acids is 3. The molecule has 52 heavy (non-hydrogen) atoms. The normalized spacial score (nSPS) is 11.6. The number of rotatable bonds is 14. The van der Waals surface area contributed by atoms with Crippen LogP contribution in [-0.2, 0) is 38.7 Å². The van der Waals surface area contributed by atoms with Gasteiger partial charge in [0.25, 0.3) is 9.05 Å². The van der Waals surface area contributed by atoms with Gasteiger partial charge in [-0.15, -0.1) is 0 Å². The molecule has 0 radical (unpaired) electrons. The number of halogens is 1. The summed E-state index contributed by atoms with van der Waals surface area (Å²) >= 11 is 0. The number of benzene rings is 3. The molecule has 0 amide bonds. The molecule has 286 valence electrons. The number of nitrogens with one attached hydrogen (secondary N) is 3. The van der Waals surface area contributed by atoms with Crippen LogP contribution in [0.4, 0.5) is 0 Å². The number of carbonyl (C=O) groups is 4. The first-order valence-electron chi connectivity index (χ1n) is 14.5. The Bertz CT molecular complexity index is 2020. The fourth-order valence-corrected chi connectivity index (χ4v) is 6.03. The zero-order chi connectivity index (χ0) is 39.9. The second kappa shape index (κ2) is 19.9. The second-order valence-electron chi connectivity index (χ2n) is 11.0. The van der Waals surface area contributed by atoms with Gasteiger partial charge in [0.2, 0.25) is 20.0 Å². The minimum Gasteiger partial charge on any atom is -0.478 e. The van der Waals surface area contributed by atoms with Crippen LogP contribution < -0.4 is 20.7 Å². The number of carboxylic acids is 3. The van der Waals surface area contributed by atoms with E-state index < -0.39 is 58.4 Å². The van der Waals surface area contributed by atoms with Gasteiger partial charge in [0.05, 0.1) is 36.8 Å². The number of sulfonamides is 2. The van der Waals surface area contributed by atoms with Crippen molar-refractivity contribution in [3.05, 3.63) is 89.5 Å². The van der Waals surface area contributed by atoms with Crippen LogP contribution in [0.3, 0.4) is 0 Å². The monoisotopic (exact) mass is 808 g/mol. The minimum absolute atomic E-state index is 0.000269. The van der Waals surface area contributed by atoms with Crippen molar-refractivity contribution in [2.45, 2.75) is 35.5 Å². The van der Waals surface area contributed by atoms with Gasteiger partial charge in [-0.25, -0.2) is 53.9 Å². The topological polar surface area (TPSA) is 303 Å². The van der Waals surface area contributed by atoms with E-state index in [0.29, 0.717) is 0 Å². The minimum atomic E-state index is -3.77. The summed E-state index contributed by atoms with van der Waals surface area (Å²) in [5.74, 6) is -3.80. The molecule has 0 saturated heterocycles. The lowest BCUT2D eigenvalue weighted by molar-refractivity contribution is -0.160. The summed E-state index contributed by atoms with van der Waals surface area (Å²) in [6, 6.07) is 14.4. The number of nitrogens with two attached hydrogens (primary N) is 1. The molecule has 0 atom stereocenters. The number of carbonyl (C=O) groups excluding carboxylic acids is 1. The van der Waals surface area contributed by atoms with Gasteiger partial charge in [-0.3, -0.25) is 0 Å². The summed E-state index contributed by atoms with van der Waals surface area (Å²) in [5, 5.41) is 25.9. The van der Waals surface area contributed by atoms with Gasteiger partial charge in [0.15, 0.2) is 0 Å². The van der Waals surface area contributed by atoms with E-state index in [1.165, 1.54) is 60.7 Å². The molecule has 0 bridgehead atoms. The standard InChI is InChI=1S/C14H20N2O6S.C9H12N2O4S.C7H5ClO4S/c1-14(2,3)13(19)22-15-8-9-16-23(20,21)11-6-4-10(5-7-11)12(17)18;10-5-6-11-16(14,15)8-3-1-7(2-4-8)9(12)13;8-13(11,12)6-3-1-5(2-4-6)7(9)10/h4-7,15-16H,8-9H2,1-3H3,(H,17,18);1-4,11H,5-6,10H2,(H,12,13);1-4H,(H,9,10). The van der Waals surface area contributed by atoms with Crippen molar-refractivity contribution in [3.8, 4) is 0 Å². The number of hydroxylamine groups is 1. The SMILES string of the molecule is CC(C)(C)C(=O)ONCCNS(=O)(=O)c1ccc(C(=O)O)cc1.NCCNS(=O)(=O)c1ccc(C(=O)O)cc1.O=C(O)c1ccc(S(=O)(=O)Cl)cc1. The molecule has 0 unspecified atom stereocenters. The molecule has 3 aromatic carbocycles. The summed E-state index contributed by atoms with van der Waals surface area (Å²) in [6.45, 7) is 5.52. The molecular weight excluding hydrogens is 772 g/mol. The van der Waals surface area contributed by atoms with Crippen LogP contribution >= 0.6 is 10.7 Å². The lowest BCUT2D eigenvalue weighted by Gasteiger charge is -2.16. The van der Waals surface area contributed by atoms with Crippen molar-refractivity contribution in [1.82, 2.24) is 14.9 Å². The largest absolute Gasteiger partial charge is 0.478 e. The van der Waals surface area contributed by atoms with Crippen molar-refractivity contribution in [1.29, 1.82) is 0 Å². The third-order valence-corrected chi connectivity index (χ3v) is 10.3. The summed E-state index contributed by atoms with van der Waals surface area (Å²) in [7, 11) is -6.09. The molecule has 3 aromatic rings. The zero-order valence-electron chi connectivity index (χ0n) is 27.8. The molecule has 0 saturated carbocycles. The fraction of sp³-hybridized carbons (Fsp3) is 0.267. The Kier molecular flexibility index (Phi) is 17.5. The molecule has 0 aliphatic heterocycles. The van der Waals surface area contributed by atoms with Gasteiger partial charge in [-0.1, -0.05) is 0 Å². The molecule has 0 fully saturated rings. The first kappa shape index (κ1) is 45.5. The lowest BCUT2D eigenvalue weighted by Crippen LogP contribution is -2.35. The van der Waals surface area contributed by atoms with Gasteiger partial charge in [-0.05, 0) is 93.6 Å². The Morgan fingerprint density at radius 1 is 0.615 bits per heavy atom. The van der Waals surface area contributed by atoms with Crippen molar-refractivity contribution in [2.24, 2.45) is 11.1 Å². The molecule has 22 heteroatoms. The highest BCUT2D eigenvalue weighted by atomic mass is 35.7. The predicted molar refractivity (Wildman–Crippen MR) is 186 cm³/mol. The van der Waals surface area contributed by atoms with Gasteiger partial charge >= 0.3 is 23.9 Å². The van der Waals surface area contributed by atoms with Crippen molar-refractivity contribution in [3.63, 3.8) is 0 Å². The van der Waals surface area contributed by atoms with E-state index in [1.807, 2.05) is 0 Å². The Morgan fingerprint density at radius 3 is 1.23 bits per heavy atom. The fourth-order valence-electron chi connectivity index (χ4n) is 3.18. The summed E-state index contributed by atoms with van der Waals surface area (Å²) in [4.78, 5) is 47.8. The number of carboxylic acid groups (broad SMARTS) is 3. The molecule has 3 rings (SSSR count). The maximum atomic E-state index is 12.0. The van der Waals surface area contributed by atoms with E-state index in [1.54, 1.807) is 20.8 Å². The Morgan fingerprint density at radius 2 is 0.942 bits per heavy atom. The third-order valence-electron chi connectivity index (χ3n) is 5.94. The van der Waals surface area contributed by atoms with Crippen molar-refractivity contribution < 1.29 is 64.6 Å². The van der Waals surface area contributed by atoms with Crippen LogP contribution in [0, 0.1) is 5.41 Å². The molecule has 0 heterocycles. The molecule has 0 spiro atoms. The zero-order valence-corrected chi connectivity index (χ0v) is 31.0. The van der Waals surface area contributed by atoms with Gasteiger partial charge in [-0.2, -0.15) is 5.48 Å². The van der Waals surface area contributed by atoms with E-state index in [9.17, 15) is 44.4 Å². The molecular formula is C30H37ClN4O14S3. The second-order valence-corrected chi connectivity index (χ2v) is 17.1. The van der Waals surface area contributed by atoms with Gasteiger partial charge in [0.1, 0.15) is 0 Å². The third kappa shape index (κ3) is 15.8. The quantitative estimate of drug-likeness (QED) is 0.0692. The van der Waals surface area contributed by atoms with E-state index in [0.717, 1.165) is 12.1 Å². The van der Waals surface area contributed by atoms with Crippen LogP contribution in [0.2, 0.25) is 0 Å². The van der Waals surface area contributed by atoms with Gasteiger partial charge < -0.3 is 25.9 Å². The summed E-state index contributed by atoms with van der Waals surface area (Å²) < 4.78 is 73.1. The van der Waals surface area contributed by atoms with Gasteiger partial charge in [0, 0.05) is 36.9 Å². The lowest BCUT2D eigenvalue weighted by atomic mass is 9.98. The molecule has 0 aliphatic carbocycles. The smallest absolute Gasteiger partial charge is 0.335 e. The number of hydrogen-bond donors (Lipinski definition) is 7. The number of hydrogen-bond acceptors (Lipinski definition) is 13. The summed E-state index contributed by atoms with van der Waals surface area (Å²) in [5.41, 5.74) is 6.96. The molecule has 8 N–H and O–H groups in total. The van der Waals surface area contributed by atoms with E-state index in [-0.39, 0.29) is 57.6 Å². The Hall–Kier alpha value is -4.48. The average Bonchev–Trinajstić information content (AvgIpc) is 3.07. The van der Waals surface area contributed by atoms with Crippen LogP contribution in [0.1, 0.15) is 51.8 Å². The summed E-state index contributed by atoms with van der Waals surface area (Å²) in [6.07, 6.45) is 0. The average molecular weight is 809 g/mol. The van der Waals surface area contributed by atoms with E-state index in [2.05, 4.69) is 14.9 Å². The van der Waals surface area contributed by atoms with Crippen LogP contribution in [0.25, 0.3) is 0 Å². The Labute approximate surface area is 304 Å². The highest BCUT2D eigenvalue weighted by Crippen LogP contribution is 2.16. The highest BCUT2D eigenvalue weighted by molar-refractivity contribution is 8.13. The van der Waals surface area contributed by atoms with Crippen molar-refractivity contribution in [2.75, 3.05) is 26.2 Å².